The third-order valence-corrected chi connectivity index (χ3v) is 14.1. The summed E-state index contributed by atoms with van der Waals surface area (Å²) in [5, 5.41) is 20.0. The summed E-state index contributed by atoms with van der Waals surface area (Å²) in [7, 11) is -12.4. The van der Waals surface area contributed by atoms with E-state index in [2.05, 4.69) is 13.8 Å². The summed E-state index contributed by atoms with van der Waals surface area (Å²) >= 11 is 0. The van der Waals surface area contributed by atoms with Crippen LogP contribution in [0.3, 0.4) is 0 Å². The third kappa shape index (κ3) is 14.7. The molecule has 0 heterocycles. The monoisotopic (exact) mass is 842 g/mol. The predicted molar refractivity (Wildman–Crippen MR) is 227 cm³/mol. The fraction of sp³-hybridized carbons (Fsp3) is 0.455. The second kappa shape index (κ2) is 22.2. The summed E-state index contributed by atoms with van der Waals surface area (Å²) in [5.41, 5.74) is 0.991. The van der Waals surface area contributed by atoms with E-state index in [1.807, 2.05) is 0 Å². The number of sulfone groups is 1. The van der Waals surface area contributed by atoms with Crippen LogP contribution in [0.25, 0.3) is 22.3 Å². The van der Waals surface area contributed by atoms with Crippen LogP contribution in [0.2, 0.25) is 0 Å². The molecule has 0 saturated heterocycles. The molecule has 57 heavy (non-hydrogen) atoms. The van der Waals surface area contributed by atoms with E-state index in [9.17, 15) is 35.5 Å². The van der Waals surface area contributed by atoms with Gasteiger partial charge in [0.15, 0.2) is 0 Å². The Morgan fingerprint density at radius 2 is 0.737 bits per heavy atom. The van der Waals surface area contributed by atoms with Gasteiger partial charge < -0.3 is 18.6 Å². The normalized spacial score (nSPS) is 12.1. The molecular weight excluding hydrogens is 785 g/mol. The van der Waals surface area contributed by atoms with Crippen molar-refractivity contribution in [2.45, 2.75) is 126 Å². The van der Waals surface area contributed by atoms with Gasteiger partial charge in [0.1, 0.15) is 23.0 Å². The molecule has 13 heteroatoms. The van der Waals surface area contributed by atoms with Gasteiger partial charge >= 0.3 is 20.2 Å². The van der Waals surface area contributed by atoms with Crippen LogP contribution < -0.4 is 8.37 Å². The van der Waals surface area contributed by atoms with E-state index in [4.69, 9.17) is 8.37 Å². The molecule has 4 rings (SSSR count). The second-order valence-corrected chi connectivity index (χ2v) is 19.8. The molecule has 0 aliphatic rings. The van der Waals surface area contributed by atoms with Crippen LogP contribution in [-0.4, -0.2) is 47.0 Å². The smallest absolute Gasteiger partial charge is 0.309 e. The minimum Gasteiger partial charge on any atom is -0.508 e. The van der Waals surface area contributed by atoms with Crippen LogP contribution in [0.5, 0.6) is 23.0 Å². The van der Waals surface area contributed by atoms with Gasteiger partial charge in [-0.1, -0.05) is 128 Å². The van der Waals surface area contributed by atoms with Crippen LogP contribution in [-0.2, 0) is 30.1 Å². The molecule has 0 unspecified atom stereocenters. The highest BCUT2D eigenvalue weighted by molar-refractivity contribution is 7.91. The first-order valence-electron chi connectivity index (χ1n) is 20.2. The SMILES string of the molecule is CCCCCCCCCCS(=O)(=O)Oc1ccc(S(=O)(=O)c2ccc(OS(=O)(=O)CCCCCCCCCC)cc2-c2ccc(O)cc2)c(-c2ccc(O)cc2)c1. The zero-order chi connectivity index (χ0) is 41.3. The molecule has 0 atom stereocenters. The van der Waals surface area contributed by atoms with Gasteiger partial charge in [-0.25, -0.2) is 8.42 Å². The molecular formula is C44H58O10S3. The summed E-state index contributed by atoms with van der Waals surface area (Å²) in [6.45, 7) is 4.32. The molecule has 0 radical (unpaired) electrons. The molecule has 4 aromatic rings. The summed E-state index contributed by atoms with van der Waals surface area (Å²) in [4.78, 5) is -0.367. The largest absolute Gasteiger partial charge is 0.508 e. The lowest BCUT2D eigenvalue weighted by atomic mass is 10.1. The highest BCUT2D eigenvalue weighted by Crippen LogP contribution is 2.40. The number of phenols is 2. The van der Waals surface area contributed by atoms with Crippen LogP contribution in [0.4, 0.5) is 0 Å². The van der Waals surface area contributed by atoms with Crippen molar-refractivity contribution in [3.05, 3.63) is 84.9 Å². The molecule has 0 aromatic heterocycles. The maximum atomic E-state index is 14.7. The van der Waals surface area contributed by atoms with Gasteiger partial charge in [0, 0.05) is 11.1 Å². The van der Waals surface area contributed by atoms with Crippen molar-refractivity contribution in [2.24, 2.45) is 0 Å². The quantitative estimate of drug-likeness (QED) is 0.0460. The molecule has 0 spiro atoms. The third-order valence-electron chi connectivity index (χ3n) is 9.78. The van der Waals surface area contributed by atoms with Crippen molar-refractivity contribution in [3.8, 4) is 45.3 Å². The predicted octanol–water partition coefficient (Wildman–Crippen LogP) is 11.0. The number of hydrogen-bond acceptors (Lipinski definition) is 10. The van der Waals surface area contributed by atoms with Gasteiger partial charge in [-0.3, -0.25) is 0 Å². The van der Waals surface area contributed by atoms with Gasteiger partial charge in [-0.2, -0.15) is 16.8 Å². The number of rotatable bonds is 26. The molecule has 4 aromatic carbocycles. The molecule has 0 amide bonds. The molecule has 2 N–H and O–H groups in total. The Bertz CT molecular complexity index is 2030. The number of unbranched alkanes of at least 4 members (excludes halogenated alkanes) is 14. The Labute approximate surface area is 340 Å². The minimum atomic E-state index is -4.43. The first kappa shape index (κ1) is 45.6. The maximum Gasteiger partial charge on any atom is 0.309 e. The Morgan fingerprint density at radius 3 is 1.07 bits per heavy atom. The number of benzene rings is 4. The highest BCUT2D eigenvalue weighted by atomic mass is 32.2. The molecule has 0 saturated carbocycles. The Kier molecular flexibility index (Phi) is 17.8. The Balaban J connectivity index is 1.62. The van der Waals surface area contributed by atoms with Gasteiger partial charge in [-0.15, -0.1) is 0 Å². The first-order valence-corrected chi connectivity index (χ1v) is 24.8. The lowest BCUT2D eigenvalue weighted by Crippen LogP contribution is -2.15. The summed E-state index contributed by atoms with van der Waals surface area (Å²) in [5.74, 6) is -0.607. The Morgan fingerprint density at radius 1 is 0.421 bits per heavy atom. The van der Waals surface area contributed by atoms with E-state index >= 15 is 0 Å². The van der Waals surface area contributed by atoms with Crippen molar-refractivity contribution in [1.29, 1.82) is 0 Å². The number of hydrogen-bond donors (Lipinski definition) is 2. The first-order chi connectivity index (χ1) is 27.2. The molecule has 0 fully saturated rings. The van der Waals surface area contributed by atoms with E-state index in [0.29, 0.717) is 24.0 Å². The van der Waals surface area contributed by atoms with Crippen molar-refractivity contribution in [3.63, 3.8) is 0 Å². The molecule has 0 aliphatic heterocycles. The average Bonchev–Trinajstić information content (AvgIpc) is 3.17. The van der Waals surface area contributed by atoms with Gasteiger partial charge in [0.25, 0.3) is 0 Å². The summed E-state index contributed by atoms with van der Waals surface area (Å²) in [6, 6.07) is 19.4. The maximum absolute atomic E-state index is 14.7. The van der Waals surface area contributed by atoms with Gasteiger partial charge in [0.2, 0.25) is 9.84 Å². The van der Waals surface area contributed by atoms with E-state index in [1.54, 1.807) is 0 Å². The Hall–Kier alpha value is -4.07. The highest BCUT2D eigenvalue weighted by Gasteiger charge is 2.28. The van der Waals surface area contributed by atoms with Gasteiger partial charge in [0.05, 0.1) is 21.3 Å². The molecule has 0 aliphatic carbocycles. The number of phenolic OH excluding ortho intramolecular Hbond substituents is 2. The lowest BCUT2D eigenvalue weighted by Gasteiger charge is -2.17. The zero-order valence-electron chi connectivity index (χ0n) is 33.2. The topological polar surface area (TPSA) is 161 Å². The standard InChI is InChI=1S/C44H58O10S3/c1-3-5-7-9-11-13-15-17-31-55(47,48)53-39-27-29-43(41(33-39)35-19-23-37(45)24-20-35)57(51,52)44-30-28-40(34-42(44)36-21-25-38(46)26-22-36)54-56(49,50)32-18-16-14-12-10-8-6-4-2/h19-30,33-34,45-46H,3-18,31-32H2,1-2H3. The van der Waals surface area contributed by atoms with E-state index in [0.717, 1.165) is 64.2 Å². The van der Waals surface area contributed by atoms with Crippen LogP contribution in [0.1, 0.15) is 117 Å². The zero-order valence-corrected chi connectivity index (χ0v) is 35.6. The van der Waals surface area contributed by atoms with Crippen LogP contribution in [0, 0.1) is 0 Å². The second-order valence-electron chi connectivity index (χ2n) is 14.6. The van der Waals surface area contributed by atoms with Crippen LogP contribution >= 0.6 is 0 Å². The van der Waals surface area contributed by atoms with E-state index in [-0.39, 0.29) is 55.4 Å². The van der Waals surface area contributed by atoms with E-state index in [1.165, 1.54) is 111 Å². The molecule has 0 bridgehead atoms. The summed E-state index contributed by atoms with van der Waals surface area (Å²) in [6.07, 6.45) is 15.7. The van der Waals surface area contributed by atoms with Gasteiger partial charge in [-0.05, 0) is 84.6 Å². The van der Waals surface area contributed by atoms with Crippen molar-refractivity contribution >= 4 is 30.1 Å². The average molecular weight is 843 g/mol. The van der Waals surface area contributed by atoms with Crippen LogP contribution in [0.15, 0.2) is 94.7 Å². The van der Waals surface area contributed by atoms with Crippen molar-refractivity contribution < 1.29 is 43.8 Å². The number of aromatic hydroxyl groups is 2. The fourth-order valence-electron chi connectivity index (χ4n) is 6.64. The van der Waals surface area contributed by atoms with Crippen molar-refractivity contribution in [2.75, 3.05) is 11.5 Å². The van der Waals surface area contributed by atoms with E-state index < -0.39 is 30.1 Å². The minimum absolute atomic E-state index is 0.0499. The fourth-order valence-corrected chi connectivity index (χ4v) is 10.4. The summed E-state index contributed by atoms with van der Waals surface area (Å²) < 4.78 is 92.4. The lowest BCUT2D eigenvalue weighted by molar-refractivity contribution is 0.475. The molecule has 10 nitrogen and oxygen atoms in total. The van der Waals surface area contributed by atoms with Crippen molar-refractivity contribution in [1.82, 2.24) is 0 Å². The molecule has 312 valence electrons.